The number of ether oxygens (including phenoxy) is 2. The molecule has 0 atom stereocenters. The average molecular weight is 217 g/mol. The largest absolute Gasteiger partial charge is 0.376 e. The first kappa shape index (κ1) is 14.9. The summed E-state index contributed by atoms with van der Waals surface area (Å²) in [5.41, 5.74) is -0.102. The van der Waals surface area contributed by atoms with Crippen molar-refractivity contribution in [3.8, 4) is 0 Å². The van der Waals surface area contributed by atoms with Crippen molar-refractivity contribution in [2.24, 2.45) is 0 Å². The molecule has 15 heavy (non-hydrogen) atoms. The summed E-state index contributed by atoms with van der Waals surface area (Å²) >= 11 is 0. The minimum absolute atomic E-state index is 0.102. The molecular formula is C12H27NO2. The van der Waals surface area contributed by atoms with Crippen LogP contribution in [0.25, 0.3) is 0 Å². The van der Waals surface area contributed by atoms with Crippen molar-refractivity contribution in [1.29, 1.82) is 0 Å². The second-order valence-electron chi connectivity index (χ2n) is 4.70. The van der Waals surface area contributed by atoms with Gasteiger partial charge in [-0.15, -0.1) is 0 Å². The maximum Gasteiger partial charge on any atom is 0.0751 e. The van der Waals surface area contributed by atoms with Crippen molar-refractivity contribution in [2.45, 2.75) is 52.7 Å². The van der Waals surface area contributed by atoms with Crippen LogP contribution >= 0.6 is 0 Å². The molecule has 0 aliphatic heterocycles. The molecule has 92 valence electrons. The molecule has 0 unspecified atom stereocenters. The van der Waals surface area contributed by atoms with Crippen molar-refractivity contribution < 1.29 is 9.47 Å². The molecule has 3 heteroatoms. The summed E-state index contributed by atoms with van der Waals surface area (Å²) in [6.45, 7) is 13.7. The molecule has 0 amide bonds. The number of hydrogen-bond donors (Lipinski definition) is 1. The van der Waals surface area contributed by atoms with Crippen LogP contribution in [0.1, 0.15) is 41.0 Å². The lowest BCUT2D eigenvalue weighted by Gasteiger charge is -2.26. The Hall–Kier alpha value is -0.120. The van der Waals surface area contributed by atoms with Gasteiger partial charge in [-0.3, -0.25) is 0 Å². The Morgan fingerprint density at radius 1 is 1.20 bits per heavy atom. The Balaban J connectivity index is 3.46. The van der Waals surface area contributed by atoms with Gasteiger partial charge >= 0.3 is 0 Å². The van der Waals surface area contributed by atoms with Gasteiger partial charge in [-0.1, -0.05) is 6.92 Å². The fourth-order valence-corrected chi connectivity index (χ4v) is 1.22. The average Bonchev–Trinajstić information content (AvgIpc) is 2.13. The molecule has 0 aliphatic carbocycles. The summed E-state index contributed by atoms with van der Waals surface area (Å²) in [6, 6.07) is 0. The lowest BCUT2D eigenvalue weighted by atomic mass is 10.1. The monoisotopic (exact) mass is 217 g/mol. The van der Waals surface area contributed by atoms with Gasteiger partial charge in [0.05, 0.1) is 24.9 Å². The highest BCUT2D eigenvalue weighted by atomic mass is 16.5. The Morgan fingerprint density at radius 2 is 1.87 bits per heavy atom. The van der Waals surface area contributed by atoms with Gasteiger partial charge in [-0.2, -0.15) is 0 Å². The van der Waals surface area contributed by atoms with Gasteiger partial charge in [0.2, 0.25) is 0 Å². The molecule has 0 aromatic heterocycles. The van der Waals surface area contributed by atoms with Crippen LogP contribution in [0.15, 0.2) is 0 Å². The molecule has 0 bridgehead atoms. The van der Waals surface area contributed by atoms with Crippen LogP contribution < -0.4 is 5.32 Å². The smallest absolute Gasteiger partial charge is 0.0751 e. The highest BCUT2D eigenvalue weighted by Gasteiger charge is 2.17. The highest BCUT2D eigenvalue weighted by Crippen LogP contribution is 2.07. The first-order valence-corrected chi connectivity index (χ1v) is 5.94. The van der Waals surface area contributed by atoms with Crippen LogP contribution in [0.2, 0.25) is 0 Å². The molecule has 0 saturated carbocycles. The summed E-state index contributed by atoms with van der Waals surface area (Å²) < 4.78 is 11.2. The van der Waals surface area contributed by atoms with Gasteiger partial charge in [-0.25, -0.2) is 0 Å². The van der Waals surface area contributed by atoms with E-state index in [1.165, 1.54) is 0 Å². The van der Waals surface area contributed by atoms with E-state index in [1.54, 1.807) is 0 Å². The quantitative estimate of drug-likeness (QED) is 0.601. The zero-order valence-electron chi connectivity index (χ0n) is 10.9. The van der Waals surface area contributed by atoms with Gasteiger partial charge in [0.1, 0.15) is 0 Å². The van der Waals surface area contributed by atoms with Crippen molar-refractivity contribution in [2.75, 3.05) is 26.3 Å². The van der Waals surface area contributed by atoms with Crippen LogP contribution in [-0.4, -0.2) is 38.0 Å². The molecule has 0 spiro atoms. The summed E-state index contributed by atoms with van der Waals surface area (Å²) in [5.74, 6) is 0. The Bertz CT molecular complexity index is 147. The predicted molar refractivity (Wildman–Crippen MR) is 64.3 cm³/mol. The number of nitrogens with one attached hydrogen (secondary N) is 1. The summed E-state index contributed by atoms with van der Waals surface area (Å²) in [7, 11) is 0. The first-order chi connectivity index (χ1) is 6.98. The third-order valence-electron chi connectivity index (χ3n) is 2.00. The Kier molecular flexibility index (Phi) is 8.02. The lowest BCUT2D eigenvalue weighted by Crippen LogP contribution is -2.38. The second kappa shape index (κ2) is 8.08. The maximum absolute atomic E-state index is 5.74. The van der Waals surface area contributed by atoms with Crippen LogP contribution in [-0.2, 0) is 9.47 Å². The van der Waals surface area contributed by atoms with E-state index in [0.717, 1.165) is 19.5 Å². The Labute approximate surface area is 94.5 Å². The molecule has 0 aliphatic rings. The molecule has 0 rings (SSSR count). The van der Waals surface area contributed by atoms with E-state index < -0.39 is 0 Å². The van der Waals surface area contributed by atoms with Crippen molar-refractivity contribution in [1.82, 2.24) is 5.32 Å². The van der Waals surface area contributed by atoms with E-state index >= 15 is 0 Å². The fraction of sp³-hybridized carbons (Fsp3) is 1.00. The van der Waals surface area contributed by atoms with Crippen molar-refractivity contribution >= 4 is 0 Å². The second-order valence-corrected chi connectivity index (χ2v) is 4.70. The molecule has 0 saturated heterocycles. The molecule has 0 heterocycles. The summed E-state index contributed by atoms with van der Waals surface area (Å²) in [5, 5.41) is 3.36. The summed E-state index contributed by atoms with van der Waals surface area (Å²) in [6.07, 6.45) is 1.45. The SMILES string of the molecule is CCCNCC(C)(C)OCCOC(C)C. The van der Waals surface area contributed by atoms with E-state index in [0.29, 0.717) is 13.2 Å². The third kappa shape index (κ3) is 10.2. The molecule has 0 fully saturated rings. The molecule has 0 aromatic rings. The normalized spacial score (nSPS) is 12.4. The van der Waals surface area contributed by atoms with Crippen LogP contribution in [0.3, 0.4) is 0 Å². The van der Waals surface area contributed by atoms with E-state index in [2.05, 4.69) is 26.1 Å². The van der Waals surface area contributed by atoms with E-state index in [4.69, 9.17) is 9.47 Å². The number of rotatable bonds is 9. The van der Waals surface area contributed by atoms with Crippen LogP contribution in [0, 0.1) is 0 Å². The topological polar surface area (TPSA) is 30.5 Å². The minimum Gasteiger partial charge on any atom is -0.376 e. The highest BCUT2D eigenvalue weighted by molar-refractivity contribution is 4.71. The van der Waals surface area contributed by atoms with Gasteiger partial charge in [-0.05, 0) is 40.7 Å². The summed E-state index contributed by atoms with van der Waals surface area (Å²) in [4.78, 5) is 0. The standard InChI is InChI=1S/C12H27NO2/c1-6-7-13-10-12(4,5)15-9-8-14-11(2)3/h11,13H,6-10H2,1-5H3. The fourth-order valence-electron chi connectivity index (χ4n) is 1.22. The van der Waals surface area contributed by atoms with Gasteiger partial charge in [0.15, 0.2) is 0 Å². The molecule has 0 radical (unpaired) electrons. The van der Waals surface area contributed by atoms with Crippen LogP contribution in [0.5, 0.6) is 0 Å². The maximum atomic E-state index is 5.74. The zero-order valence-corrected chi connectivity index (χ0v) is 10.9. The first-order valence-electron chi connectivity index (χ1n) is 5.94. The molecule has 1 N–H and O–H groups in total. The van der Waals surface area contributed by atoms with E-state index in [-0.39, 0.29) is 11.7 Å². The van der Waals surface area contributed by atoms with Gasteiger partial charge < -0.3 is 14.8 Å². The van der Waals surface area contributed by atoms with Gasteiger partial charge in [0, 0.05) is 6.54 Å². The third-order valence-corrected chi connectivity index (χ3v) is 2.00. The minimum atomic E-state index is -0.102. The van der Waals surface area contributed by atoms with Crippen molar-refractivity contribution in [3.63, 3.8) is 0 Å². The van der Waals surface area contributed by atoms with Gasteiger partial charge in [0.25, 0.3) is 0 Å². The van der Waals surface area contributed by atoms with Crippen molar-refractivity contribution in [3.05, 3.63) is 0 Å². The number of hydrogen-bond acceptors (Lipinski definition) is 3. The Morgan fingerprint density at radius 3 is 2.40 bits per heavy atom. The van der Waals surface area contributed by atoms with Crippen LogP contribution in [0.4, 0.5) is 0 Å². The van der Waals surface area contributed by atoms with E-state index in [9.17, 15) is 0 Å². The molecule has 0 aromatic carbocycles. The molecule has 3 nitrogen and oxygen atoms in total. The lowest BCUT2D eigenvalue weighted by molar-refractivity contribution is -0.0538. The zero-order chi connectivity index (χ0) is 11.7. The molecular weight excluding hydrogens is 190 g/mol. The van der Waals surface area contributed by atoms with E-state index in [1.807, 2.05) is 13.8 Å². The predicted octanol–water partition coefficient (Wildman–Crippen LogP) is 2.21.